The number of carboxylic acid groups (broad SMARTS) is 1. The zero-order valence-electron chi connectivity index (χ0n) is 12.5. The minimum absolute atomic E-state index is 0.0539. The number of rotatable bonds is 4. The minimum atomic E-state index is -0.960. The Kier molecular flexibility index (Phi) is 4.28. The van der Waals surface area contributed by atoms with Crippen LogP contribution in [0.15, 0.2) is 48.5 Å². The van der Waals surface area contributed by atoms with Gasteiger partial charge in [-0.2, -0.15) is 0 Å². The Bertz CT molecular complexity index is 724. The fourth-order valence-electron chi connectivity index (χ4n) is 2.60. The van der Waals surface area contributed by atoms with E-state index in [1.54, 1.807) is 12.1 Å². The molecule has 23 heavy (non-hydrogen) atoms. The molecule has 0 bridgehead atoms. The zero-order valence-corrected chi connectivity index (χ0v) is 12.5. The standard InChI is InChI=1S/C18H17NO4/c20-17(15-9-14-3-1-2-4-16(14)23-11-15)19-10-12-5-7-13(8-6-12)18(21)22/h1-8,15H,9-11H2,(H,19,20)(H,21,22). The molecule has 0 saturated heterocycles. The number of carbonyl (C=O) groups excluding carboxylic acids is 1. The Balaban J connectivity index is 1.57. The summed E-state index contributed by atoms with van der Waals surface area (Å²) in [6, 6.07) is 14.2. The molecule has 1 unspecified atom stereocenters. The van der Waals surface area contributed by atoms with Gasteiger partial charge in [0.2, 0.25) is 5.91 Å². The van der Waals surface area contributed by atoms with Gasteiger partial charge in [0, 0.05) is 6.54 Å². The van der Waals surface area contributed by atoms with Crippen LogP contribution in [0.3, 0.4) is 0 Å². The van der Waals surface area contributed by atoms with Gasteiger partial charge in [-0.3, -0.25) is 4.79 Å². The monoisotopic (exact) mass is 311 g/mol. The van der Waals surface area contributed by atoms with Crippen LogP contribution in [0.5, 0.6) is 5.75 Å². The Morgan fingerprint density at radius 1 is 1.13 bits per heavy atom. The molecule has 0 saturated carbocycles. The molecule has 5 heteroatoms. The summed E-state index contributed by atoms with van der Waals surface area (Å²) in [6.07, 6.45) is 0.667. The number of amides is 1. The summed E-state index contributed by atoms with van der Waals surface area (Å²) in [4.78, 5) is 23.1. The third kappa shape index (κ3) is 3.51. The maximum Gasteiger partial charge on any atom is 0.335 e. The molecule has 5 nitrogen and oxygen atoms in total. The minimum Gasteiger partial charge on any atom is -0.492 e. The van der Waals surface area contributed by atoms with Crippen LogP contribution in [0, 0.1) is 5.92 Å². The van der Waals surface area contributed by atoms with Gasteiger partial charge in [0.1, 0.15) is 12.4 Å². The molecule has 1 amide bonds. The van der Waals surface area contributed by atoms with Crippen LogP contribution in [0.2, 0.25) is 0 Å². The Hall–Kier alpha value is -2.82. The third-order valence-corrected chi connectivity index (χ3v) is 3.92. The molecule has 118 valence electrons. The predicted octanol–water partition coefficient (Wildman–Crippen LogP) is 2.25. The van der Waals surface area contributed by atoms with E-state index in [1.807, 2.05) is 24.3 Å². The van der Waals surface area contributed by atoms with Crippen molar-refractivity contribution in [1.29, 1.82) is 0 Å². The van der Waals surface area contributed by atoms with Crippen molar-refractivity contribution in [3.63, 3.8) is 0 Å². The van der Waals surface area contributed by atoms with E-state index in [9.17, 15) is 9.59 Å². The molecule has 1 atom stereocenters. The van der Waals surface area contributed by atoms with Crippen molar-refractivity contribution >= 4 is 11.9 Å². The molecule has 0 aliphatic carbocycles. The molecule has 1 aliphatic rings. The zero-order chi connectivity index (χ0) is 16.2. The number of carboxylic acids is 1. The number of hydrogen-bond acceptors (Lipinski definition) is 3. The Morgan fingerprint density at radius 3 is 2.61 bits per heavy atom. The fraction of sp³-hybridized carbons (Fsp3) is 0.222. The summed E-state index contributed by atoms with van der Waals surface area (Å²) in [5.74, 6) is -0.371. The number of ether oxygens (including phenoxy) is 1. The molecule has 3 rings (SSSR count). The molecular formula is C18H17NO4. The summed E-state index contributed by atoms with van der Waals surface area (Å²) >= 11 is 0. The first-order chi connectivity index (χ1) is 11.1. The molecule has 2 aromatic rings. The molecule has 1 heterocycles. The number of nitrogens with one attached hydrogen (secondary N) is 1. The van der Waals surface area contributed by atoms with Crippen molar-refractivity contribution < 1.29 is 19.4 Å². The summed E-state index contributed by atoms with van der Waals surface area (Å²) in [6.45, 7) is 0.748. The van der Waals surface area contributed by atoms with Crippen LogP contribution < -0.4 is 10.1 Å². The second-order valence-corrected chi connectivity index (χ2v) is 5.54. The number of hydrogen-bond donors (Lipinski definition) is 2. The largest absolute Gasteiger partial charge is 0.492 e. The lowest BCUT2D eigenvalue weighted by Crippen LogP contribution is -2.37. The highest BCUT2D eigenvalue weighted by molar-refractivity contribution is 5.87. The molecule has 2 aromatic carbocycles. The van der Waals surface area contributed by atoms with Gasteiger partial charge in [-0.1, -0.05) is 30.3 Å². The Labute approximate surface area is 133 Å². The lowest BCUT2D eigenvalue weighted by molar-refractivity contribution is -0.126. The van der Waals surface area contributed by atoms with Crippen molar-refractivity contribution in [2.75, 3.05) is 6.61 Å². The second kappa shape index (κ2) is 6.52. The first-order valence-corrected chi connectivity index (χ1v) is 7.44. The van der Waals surface area contributed by atoms with Crippen molar-refractivity contribution in [2.24, 2.45) is 5.92 Å². The smallest absolute Gasteiger partial charge is 0.335 e. The van der Waals surface area contributed by atoms with E-state index in [4.69, 9.17) is 9.84 Å². The van der Waals surface area contributed by atoms with E-state index in [-0.39, 0.29) is 17.4 Å². The molecule has 2 N–H and O–H groups in total. The van der Waals surface area contributed by atoms with Crippen LogP contribution in [0.4, 0.5) is 0 Å². The summed E-state index contributed by atoms with van der Waals surface area (Å²) in [7, 11) is 0. The van der Waals surface area contributed by atoms with E-state index in [0.717, 1.165) is 16.9 Å². The maximum absolute atomic E-state index is 12.3. The Morgan fingerprint density at radius 2 is 1.87 bits per heavy atom. The van der Waals surface area contributed by atoms with Gasteiger partial charge in [-0.15, -0.1) is 0 Å². The first-order valence-electron chi connectivity index (χ1n) is 7.44. The highest BCUT2D eigenvalue weighted by Crippen LogP contribution is 2.26. The van der Waals surface area contributed by atoms with Crippen molar-refractivity contribution in [3.8, 4) is 5.75 Å². The van der Waals surface area contributed by atoms with E-state index in [0.29, 0.717) is 19.6 Å². The lowest BCUT2D eigenvalue weighted by Gasteiger charge is -2.24. The molecule has 0 spiro atoms. The van der Waals surface area contributed by atoms with Crippen LogP contribution >= 0.6 is 0 Å². The predicted molar refractivity (Wildman–Crippen MR) is 84.4 cm³/mol. The fourth-order valence-corrected chi connectivity index (χ4v) is 2.60. The van der Waals surface area contributed by atoms with Gasteiger partial charge < -0.3 is 15.2 Å². The topological polar surface area (TPSA) is 75.6 Å². The number of benzene rings is 2. The van der Waals surface area contributed by atoms with Gasteiger partial charge >= 0.3 is 5.97 Å². The lowest BCUT2D eigenvalue weighted by atomic mass is 9.96. The highest BCUT2D eigenvalue weighted by Gasteiger charge is 2.25. The normalized spacial score (nSPS) is 16.1. The van der Waals surface area contributed by atoms with E-state index in [1.165, 1.54) is 12.1 Å². The highest BCUT2D eigenvalue weighted by atomic mass is 16.5. The second-order valence-electron chi connectivity index (χ2n) is 5.54. The van der Waals surface area contributed by atoms with Crippen molar-refractivity contribution in [2.45, 2.75) is 13.0 Å². The van der Waals surface area contributed by atoms with Gasteiger partial charge in [0.05, 0.1) is 11.5 Å². The molecule has 1 aliphatic heterocycles. The first kappa shape index (κ1) is 15.1. The average molecular weight is 311 g/mol. The SMILES string of the molecule is O=C(O)c1ccc(CNC(=O)C2COc3ccccc3C2)cc1. The van der Waals surface area contributed by atoms with Gasteiger partial charge in [0.25, 0.3) is 0 Å². The molecule has 0 radical (unpaired) electrons. The van der Waals surface area contributed by atoms with Crippen LogP contribution in [0.1, 0.15) is 21.5 Å². The van der Waals surface area contributed by atoms with Crippen LogP contribution in [-0.4, -0.2) is 23.6 Å². The van der Waals surface area contributed by atoms with Gasteiger partial charge in [-0.05, 0) is 35.7 Å². The quantitative estimate of drug-likeness (QED) is 0.908. The summed E-state index contributed by atoms with van der Waals surface area (Å²) in [5, 5.41) is 11.7. The van der Waals surface area contributed by atoms with Crippen molar-refractivity contribution in [1.82, 2.24) is 5.32 Å². The maximum atomic E-state index is 12.3. The summed E-state index contributed by atoms with van der Waals surface area (Å²) < 4.78 is 5.63. The van der Waals surface area contributed by atoms with E-state index >= 15 is 0 Å². The average Bonchev–Trinajstić information content (AvgIpc) is 2.59. The van der Waals surface area contributed by atoms with Crippen LogP contribution in [-0.2, 0) is 17.8 Å². The van der Waals surface area contributed by atoms with Gasteiger partial charge in [-0.25, -0.2) is 4.79 Å². The van der Waals surface area contributed by atoms with Gasteiger partial charge in [0.15, 0.2) is 0 Å². The molecule has 0 aromatic heterocycles. The van der Waals surface area contributed by atoms with Crippen LogP contribution in [0.25, 0.3) is 0 Å². The number of para-hydroxylation sites is 1. The number of aromatic carboxylic acids is 1. The number of fused-ring (bicyclic) bond motifs is 1. The van der Waals surface area contributed by atoms with Crippen molar-refractivity contribution in [3.05, 3.63) is 65.2 Å². The summed E-state index contributed by atoms with van der Waals surface area (Å²) in [5.41, 5.74) is 2.14. The third-order valence-electron chi connectivity index (χ3n) is 3.92. The van der Waals surface area contributed by atoms with E-state index in [2.05, 4.69) is 5.32 Å². The molecular weight excluding hydrogens is 294 g/mol. The number of carbonyl (C=O) groups is 2. The van der Waals surface area contributed by atoms with E-state index < -0.39 is 5.97 Å². The molecule has 0 fully saturated rings.